The van der Waals surface area contributed by atoms with Crippen LogP contribution < -0.4 is 10.6 Å². The molecule has 0 saturated carbocycles. The van der Waals surface area contributed by atoms with Crippen LogP contribution >= 0.6 is 15.9 Å². The second kappa shape index (κ2) is 5.61. The highest BCUT2D eigenvalue weighted by atomic mass is 79.9. The van der Waals surface area contributed by atoms with E-state index in [0.29, 0.717) is 15.9 Å². The van der Waals surface area contributed by atoms with Gasteiger partial charge < -0.3 is 20.6 Å². The highest BCUT2D eigenvalue weighted by molar-refractivity contribution is 9.10. The summed E-state index contributed by atoms with van der Waals surface area (Å²) in [5.74, 6) is -0.569. The maximum absolute atomic E-state index is 12.6. The predicted molar refractivity (Wildman–Crippen MR) is 80.9 cm³/mol. The van der Waals surface area contributed by atoms with Crippen LogP contribution in [-0.4, -0.2) is 59.6 Å². The molecule has 1 aromatic heterocycles. The van der Waals surface area contributed by atoms with Crippen LogP contribution in [0.15, 0.2) is 16.7 Å². The number of nitrogens with zero attached hydrogens (tertiary/aromatic N) is 3. The lowest BCUT2D eigenvalue weighted by molar-refractivity contribution is -0.134. The van der Waals surface area contributed by atoms with Gasteiger partial charge in [-0.2, -0.15) is 0 Å². The molecular weight excluding hydrogens is 340 g/mol. The second-order valence-corrected chi connectivity index (χ2v) is 6.21. The maximum atomic E-state index is 12.6. The van der Waals surface area contributed by atoms with Crippen LogP contribution in [0.1, 0.15) is 16.8 Å². The van der Waals surface area contributed by atoms with Gasteiger partial charge in [0.15, 0.2) is 5.60 Å². The van der Waals surface area contributed by atoms with Gasteiger partial charge in [-0.25, -0.2) is 4.98 Å². The van der Waals surface area contributed by atoms with E-state index in [0.717, 1.165) is 0 Å². The molecule has 0 aromatic carbocycles. The number of anilines is 1. The molecule has 8 heteroatoms. The summed E-state index contributed by atoms with van der Waals surface area (Å²) in [6, 6.07) is 1.67. The van der Waals surface area contributed by atoms with Gasteiger partial charge in [0.2, 0.25) is 0 Å². The van der Waals surface area contributed by atoms with Gasteiger partial charge in [0, 0.05) is 37.7 Å². The smallest absolute Gasteiger partial charge is 0.257 e. The summed E-state index contributed by atoms with van der Waals surface area (Å²) in [6.45, 7) is 0.179. The zero-order valence-electron chi connectivity index (χ0n) is 11.8. The number of halogens is 1. The largest absolute Gasteiger partial charge is 0.378 e. The molecule has 3 N–H and O–H groups in total. The Kier molecular flexibility index (Phi) is 4.20. The van der Waals surface area contributed by atoms with Gasteiger partial charge in [0.1, 0.15) is 5.82 Å². The summed E-state index contributed by atoms with van der Waals surface area (Å²) in [4.78, 5) is 31.2. The Hall–Kier alpha value is -1.67. The molecule has 1 atom stereocenters. The molecule has 2 rings (SSSR count). The lowest BCUT2D eigenvalue weighted by atomic mass is 10.0. The molecule has 1 aromatic rings. The molecule has 0 bridgehead atoms. The molecule has 1 fully saturated rings. The van der Waals surface area contributed by atoms with E-state index in [2.05, 4.69) is 20.9 Å². The number of β-amino-alcohol motifs (C(OH)–C–C–N with tert-alkyl or cyclic N) is 1. The van der Waals surface area contributed by atoms with Gasteiger partial charge in [-0.3, -0.25) is 9.59 Å². The lowest BCUT2D eigenvalue weighted by Crippen LogP contribution is -2.46. The number of primary amides is 1. The van der Waals surface area contributed by atoms with Crippen molar-refractivity contribution in [1.82, 2.24) is 9.88 Å². The van der Waals surface area contributed by atoms with E-state index in [1.165, 1.54) is 4.90 Å². The van der Waals surface area contributed by atoms with Crippen molar-refractivity contribution < 1.29 is 14.7 Å². The number of likely N-dealkylation sites (tertiary alicyclic amines) is 1. The Morgan fingerprint density at radius 1 is 1.52 bits per heavy atom. The van der Waals surface area contributed by atoms with Gasteiger partial charge in [0.05, 0.1) is 12.1 Å². The van der Waals surface area contributed by atoms with E-state index in [9.17, 15) is 14.7 Å². The van der Waals surface area contributed by atoms with Gasteiger partial charge >= 0.3 is 0 Å². The summed E-state index contributed by atoms with van der Waals surface area (Å²) in [7, 11) is 3.58. The Morgan fingerprint density at radius 2 is 2.19 bits per heavy atom. The van der Waals surface area contributed by atoms with Crippen molar-refractivity contribution in [3.63, 3.8) is 0 Å². The van der Waals surface area contributed by atoms with E-state index < -0.39 is 11.5 Å². The van der Waals surface area contributed by atoms with Crippen molar-refractivity contribution in [1.29, 1.82) is 0 Å². The zero-order chi connectivity index (χ0) is 15.8. The first-order chi connectivity index (χ1) is 9.74. The number of pyridine rings is 1. The molecule has 0 spiro atoms. The Morgan fingerprint density at radius 3 is 2.71 bits per heavy atom. The van der Waals surface area contributed by atoms with Gasteiger partial charge in [-0.05, 0) is 22.0 Å². The SMILES string of the molecule is CN(C)c1ncc(Br)cc1C(=O)N1CCC(O)(C(N)=O)C1. The Balaban J connectivity index is 2.30. The molecule has 114 valence electrons. The van der Waals surface area contributed by atoms with E-state index in [-0.39, 0.29) is 25.4 Å². The van der Waals surface area contributed by atoms with Crippen molar-refractivity contribution in [2.24, 2.45) is 5.73 Å². The third kappa shape index (κ3) is 3.01. The van der Waals surface area contributed by atoms with Crippen LogP contribution in [0.4, 0.5) is 5.82 Å². The van der Waals surface area contributed by atoms with Crippen molar-refractivity contribution in [2.45, 2.75) is 12.0 Å². The van der Waals surface area contributed by atoms with E-state index >= 15 is 0 Å². The molecule has 7 nitrogen and oxygen atoms in total. The summed E-state index contributed by atoms with van der Waals surface area (Å²) >= 11 is 3.29. The third-order valence-electron chi connectivity index (χ3n) is 3.48. The van der Waals surface area contributed by atoms with Crippen LogP contribution in [0.25, 0.3) is 0 Å². The fourth-order valence-corrected chi connectivity index (χ4v) is 2.62. The number of carbonyl (C=O) groups is 2. The molecule has 1 aliphatic rings. The van der Waals surface area contributed by atoms with Crippen LogP contribution in [0.3, 0.4) is 0 Å². The minimum Gasteiger partial charge on any atom is -0.378 e. The quantitative estimate of drug-likeness (QED) is 0.792. The number of amides is 2. The highest BCUT2D eigenvalue weighted by Crippen LogP contribution is 2.26. The highest BCUT2D eigenvalue weighted by Gasteiger charge is 2.43. The molecule has 1 unspecified atom stereocenters. The second-order valence-electron chi connectivity index (χ2n) is 5.29. The first-order valence-corrected chi connectivity index (χ1v) is 7.18. The summed E-state index contributed by atoms with van der Waals surface area (Å²) < 4.78 is 0.681. The standard InChI is InChI=1S/C13H17BrN4O3/c1-17(2)10-9(5-8(14)6-16-10)11(19)18-4-3-13(21,7-18)12(15)20/h5-6,21H,3-4,7H2,1-2H3,(H2,15,20). The minimum absolute atomic E-state index is 0.0967. The van der Waals surface area contributed by atoms with Gasteiger partial charge in [0.25, 0.3) is 11.8 Å². The summed E-state index contributed by atoms with van der Waals surface area (Å²) in [5.41, 5.74) is 3.94. The van der Waals surface area contributed by atoms with E-state index in [4.69, 9.17) is 5.73 Å². The van der Waals surface area contributed by atoms with Crippen LogP contribution in [-0.2, 0) is 4.79 Å². The molecule has 21 heavy (non-hydrogen) atoms. The Labute approximate surface area is 130 Å². The number of hydrogen-bond donors (Lipinski definition) is 2. The zero-order valence-corrected chi connectivity index (χ0v) is 13.4. The number of rotatable bonds is 3. The van der Waals surface area contributed by atoms with Crippen LogP contribution in [0, 0.1) is 0 Å². The summed E-state index contributed by atoms with van der Waals surface area (Å²) in [6.07, 6.45) is 1.75. The molecule has 2 amide bonds. The predicted octanol–water partition coefficient (Wildman–Crippen LogP) is -0.0276. The van der Waals surface area contributed by atoms with Crippen molar-refractivity contribution in [3.8, 4) is 0 Å². The van der Waals surface area contributed by atoms with E-state index in [1.807, 2.05) is 0 Å². The monoisotopic (exact) mass is 356 g/mol. The fraction of sp³-hybridized carbons (Fsp3) is 0.462. The first-order valence-electron chi connectivity index (χ1n) is 6.39. The Bertz CT molecular complexity index is 593. The molecule has 2 heterocycles. The van der Waals surface area contributed by atoms with Gasteiger partial charge in [-0.15, -0.1) is 0 Å². The molecule has 0 aliphatic carbocycles. The maximum Gasteiger partial charge on any atom is 0.257 e. The molecule has 0 radical (unpaired) electrons. The number of aromatic nitrogens is 1. The number of nitrogens with two attached hydrogens (primary N) is 1. The first kappa shape index (κ1) is 15.7. The molecular formula is C13H17BrN4O3. The van der Waals surface area contributed by atoms with E-state index in [1.54, 1.807) is 31.3 Å². The van der Waals surface area contributed by atoms with Crippen LogP contribution in [0.2, 0.25) is 0 Å². The summed E-state index contributed by atoms with van der Waals surface area (Å²) in [5, 5.41) is 10.1. The lowest BCUT2D eigenvalue weighted by Gasteiger charge is -2.22. The average molecular weight is 357 g/mol. The fourth-order valence-electron chi connectivity index (χ4n) is 2.28. The third-order valence-corrected chi connectivity index (χ3v) is 3.91. The number of carbonyl (C=O) groups excluding carboxylic acids is 2. The molecule has 1 saturated heterocycles. The minimum atomic E-state index is -1.65. The van der Waals surface area contributed by atoms with Gasteiger partial charge in [-0.1, -0.05) is 0 Å². The molecule has 1 aliphatic heterocycles. The number of aliphatic hydroxyl groups is 1. The normalized spacial score (nSPS) is 21.4. The van der Waals surface area contributed by atoms with Crippen molar-refractivity contribution in [2.75, 3.05) is 32.1 Å². The van der Waals surface area contributed by atoms with Crippen LogP contribution in [0.5, 0.6) is 0 Å². The average Bonchev–Trinajstić information content (AvgIpc) is 2.81. The number of hydrogen-bond acceptors (Lipinski definition) is 5. The van der Waals surface area contributed by atoms with Crippen molar-refractivity contribution in [3.05, 3.63) is 22.3 Å². The van der Waals surface area contributed by atoms with Crippen molar-refractivity contribution >= 4 is 33.6 Å². The topological polar surface area (TPSA) is 99.8 Å².